The van der Waals surface area contributed by atoms with Crippen molar-refractivity contribution in [2.75, 3.05) is 0 Å². The van der Waals surface area contributed by atoms with Gasteiger partial charge in [0.05, 0.1) is 12.2 Å². The summed E-state index contributed by atoms with van der Waals surface area (Å²) in [4.78, 5) is 0. The van der Waals surface area contributed by atoms with E-state index in [1.165, 1.54) is 6.42 Å². The SMILES string of the molecule is CC1CC2C(C)OC1C2C. The van der Waals surface area contributed by atoms with Gasteiger partial charge in [-0.1, -0.05) is 13.8 Å². The summed E-state index contributed by atoms with van der Waals surface area (Å²) in [7, 11) is 0. The van der Waals surface area contributed by atoms with E-state index in [0.717, 1.165) is 17.8 Å². The fourth-order valence-corrected chi connectivity index (χ4v) is 2.77. The molecule has 1 heterocycles. The van der Waals surface area contributed by atoms with Crippen LogP contribution in [-0.4, -0.2) is 12.2 Å². The van der Waals surface area contributed by atoms with E-state index in [-0.39, 0.29) is 0 Å². The van der Waals surface area contributed by atoms with Crippen LogP contribution in [0.25, 0.3) is 0 Å². The van der Waals surface area contributed by atoms with Crippen molar-refractivity contribution in [2.45, 2.75) is 39.4 Å². The van der Waals surface area contributed by atoms with Crippen LogP contribution < -0.4 is 0 Å². The molecule has 1 aliphatic carbocycles. The van der Waals surface area contributed by atoms with Gasteiger partial charge in [0.15, 0.2) is 0 Å². The zero-order valence-corrected chi connectivity index (χ0v) is 7.00. The summed E-state index contributed by atoms with van der Waals surface area (Å²) in [5.41, 5.74) is 0. The van der Waals surface area contributed by atoms with Gasteiger partial charge in [-0.2, -0.15) is 0 Å². The smallest absolute Gasteiger partial charge is 0.0633 e. The molecule has 10 heavy (non-hydrogen) atoms. The van der Waals surface area contributed by atoms with E-state index in [1.54, 1.807) is 0 Å². The Morgan fingerprint density at radius 3 is 2.20 bits per heavy atom. The van der Waals surface area contributed by atoms with Gasteiger partial charge in [0.25, 0.3) is 0 Å². The minimum Gasteiger partial charge on any atom is -0.374 e. The van der Waals surface area contributed by atoms with E-state index in [9.17, 15) is 0 Å². The fourth-order valence-electron chi connectivity index (χ4n) is 2.77. The van der Waals surface area contributed by atoms with Crippen LogP contribution in [-0.2, 0) is 4.74 Å². The van der Waals surface area contributed by atoms with Crippen molar-refractivity contribution in [1.82, 2.24) is 0 Å². The Morgan fingerprint density at radius 2 is 1.90 bits per heavy atom. The lowest BCUT2D eigenvalue weighted by atomic mass is 9.95. The second-order valence-electron chi connectivity index (χ2n) is 4.04. The first kappa shape index (κ1) is 6.66. The maximum Gasteiger partial charge on any atom is 0.0633 e. The minimum absolute atomic E-state index is 0.538. The van der Waals surface area contributed by atoms with E-state index in [0.29, 0.717) is 12.2 Å². The summed E-state index contributed by atoms with van der Waals surface area (Å²) in [5, 5.41) is 0. The first-order valence-electron chi connectivity index (χ1n) is 4.35. The Bertz CT molecular complexity index is 128. The summed E-state index contributed by atoms with van der Waals surface area (Å²) < 4.78 is 5.78. The van der Waals surface area contributed by atoms with Crippen molar-refractivity contribution in [3.8, 4) is 0 Å². The van der Waals surface area contributed by atoms with Crippen molar-refractivity contribution < 1.29 is 4.74 Å². The monoisotopic (exact) mass is 140 g/mol. The highest BCUT2D eigenvalue weighted by Crippen LogP contribution is 2.47. The molecule has 0 aromatic carbocycles. The molecule has 2 fully saturated rings. The molecule has 0 N–H and O–H groups in total. The molecule has 1 nitrogen and oxygen atoms in total. The Hall–Kier alpha value is -0.0400. The molecular formula is C9H16O. The molecule has 0 aromatic rings. The van der Waals surface area contributed by atoms with Gasteiger partial charge in [-0.25, -0.2) is 0 Å². The van der Waals surface area contributed by atoms with E-state index < -0.39 is 0 Å². The lowest BCUT2D eigenvalue weighted by Gasteiger charge is -2.22. The molecule has 5 unspecified atom stereocenters. The van der Waals surface area contributed by atoms with Crippen molar-refractivity contribution in [2.24, 2.45) is 17.8 Å². The maximum atomic E-state index is 5.78. The molecule has 5 atom stereocenters. The Morgan fingerprint density at radius 1 is 1.20 bits per heavy atom. The zero-order valence-electron chi connectivity index (χ0n) is 7.00. The highest BCUT2D eigenvalue weighted by atomic mass is 16.5. The van der Waals surface area contributed by atoms with Crippen LogP contribution in [0.5, 0.6) is 0 Å². The van der Waals surface area contributed by atoms with Crippen LogP contribution in [0.15, 0.2) is 0 Å². The van der Waals surface area contributed by atoms with Gasteiger partial charge in [-0.15, -0.1) is 0 Å². The van der Waals surface area contributed by atoms with Crippen LogP contribution in [0.1, 0.15) is 27.2 Å². The average Bonchev–Trinajstić information content (AvgIpc) is 2.26. The number of hydrogen-bond acceptors (Lipinski definition) is 1. The van der Waals surface area contributed by atoms with Gasteiger partial charge in [0.2, 0.25) is 0 Å². The number of hydrogen-bond donors (Lipinski definition) is 0. The van der Waals surface area contributed by atoms with E-state index >= 15 is 0 Å². The molecule has 1 aliphatic heterocycles. The molecule has 1 heteroatoms. The van der Waals surface area contributed by atoms with Gasteiger partial charge in [-0.05, 0) is 31.1 Å². The predicted octanol–water partition coefficient (Wildman–Crippen LogP) is 2.07. The molecule has 58 valence electrons. The summed E-state index contributed by atoms with van der Waals surface area (Å²) in [6.45, 7) is 6.86. The van der Waals surface area contributed by atoms with Gasteiger partial charge in [0.1, 0.15) is 0 Å². The minimum atomic E-state index is 0.538. The van der Waals surface area contributed by atoms with Gasteiger partial charge >= 0.3 is 0 Å². The second kappa shape index (κ2) is 1.97. The van der Waals surface area contributed by atoms with E-state index in [2.05, 4.69) is 20.8 Å². The van der Waals surface area contributed by atoms with Crippen molar-refractivity contribution in [1.29, 1.82) is 0 Å². The molecule has 2 rings (SSSR count). The molecule has 1 saturated heterocycles. The second-order valence-corrected chi connectivity index (χ2v) is 4.04. The highest BCUT2D eigenvalue weighted by molar-refractivity contribution is 4.96. The Balaban J connectivity index is 2.17. The van der Waals surface area contributed by atoms with Crippen molar-refractivity contribution in [3.05, 3.63) is 0 Å². The lowest BCUT2D eigenvalue weighted by Crippen LogP contribution is -2.23. The zero-order chi connectivity index (χ0) is 7.30. The van der Waals surface area contributed by atoms with Gasteiger partial charge in [0, 0.05) is 0 Å². The van der Waals surface area contributed by atoms with E-state index in [4.69, 9.17) is 4.74 Å². The molecule has 1 saturated carbocycles. The molecule has 2 aliphatic rings. The van der Waals surface area contributed by atoms with Crippen LogP contribution in [0.2, 0.25) is 0 Å². The molecule has 0 aromatic heterocycles. The fraction of sp³-hybridized carbons (Fsp3) is 1.00. The third-order valence-electron chi connectivity index (χ3n) is 3.37. The number of fused-ring (bicyclic) bond motifs is 2. The molecule has 2 bridgehead atoms. The summed E-state index contributed by atoms with van der Waals surface area (Å²) in [6.07, 6.45) is 2.52. The highest BCUT2D eigenvalue weighted by Gasteiger charge is 2.48. The third kappa shape index (κ3) is 0.672. The topological polar surface area (TPSA) is 9.23 Å². The van der Waals surface area contributed by atoms with Crippen LogP contribution in [0.4, 0.5) is 0 Å². The first-order chi connectivity index (χ1) is 4.70. The summed E-state index contributed by atoms with van der Waals surface area (Å²) in [6, 6.07) is 0. The molecule has 0 amide bonds. The van der Waals surface area contributed by atoms with Crippen LogP contribution in [0, 0.1) is 17.8 Å². The average molecular weight is 140 g/mol. The number of ether oxygens (including phenoxy) is 1. The van der Waals surface area contributed by atoms with Crippen molar-refractivity contribution >= 4 is 0 Å². The predicted molar refractivity (Wildman–Crippen MR) is 40.8 cm³/mol. The van der Waals surface area contributed by atoms with Gasteiger partial charge in [-0.3, -0.25) is 0 Å². The standard InChI is InChI=1S/C9H16O/c1-5-4-8-6(2)9(5)10-7(8)3/h5-9H,4H2,1-3H3. The quantitative estimate of drug-likeness (QED) is 0.500. The van der Waals surface area contributed by atoms with Gasteiger partial charge < -0.3 is 4.74 Å². The Kier molecular flexibility index (Phi) is 1.31. The maximum absolute atomic E-state index is 5.78. The lowest BCUT2D eigenvalue weighted by molar-refractivity contribution is -0.0171. The van der Waals surface area contributed by atoms with Crippen LogP contribution >= 0.6 is 0 Å². The first-order valence-corrected chi connectivity index (χ1v) is 4.35. The van der Waals surface area contributed by atoms with E-state index in [1.807, 2.05) is 0 Å². The largest absolute Gasteiger partial charge is 0.374 e. The Labute approximate surface area is 62.8 Å². The summed E-state index contributed by atoms with van der Waals surface area (Å²) >= 11 is 0. The molecule has 0 spiro atoms. The summed E-state index contributed by atoms with van der Waals surface area (Å²) in [5.74, 6) is 2.50. The normalized spacial score (nSPS) is 59.7. The molecular weight excluding hydrogens is 124 g/mol. The third-order valence-corrected chi connectivity index (χ3v) is 3.37. The van der Waals surface area contributed by atoms with Crippen LogP contribution in [0.3, 0.4) is 0 Å². The number of rotatable bonds is 0. The molecule has 0 radical (unpaired) electrons. The van der Waals surface area contributed by atoms with Crippen molar-refractivity contribution in [3.63, 3.8) is 0 Å².